The maximum absolute atomic E-state index is 10.0. The zero-order valence-electron chi connectivity index (χ0n) is 13.4. The number of unbranched alkanes of at least 4 members (excludes halogenated alkanes) is 2. The molecule has 2 aliphatic carbocycles. The largest absolute Gasteiger partial charge is 0.396 e. The first-order valence-corrected chi connectivity index (χ1v) is 8.87. The molecule has 0 radical (unpaired) electrons. The minimum atomic E-state index is -0.0741. The molecule has 0 spiro atoms. The zero-order valence-corrected chi connectivity index (χ0v) is 13.4. The molecular formula is C18H34O2. The van der Waals surface area contributed by atoms with Crippen molar-refractivity contribution in [2.24, 2.45) is 10.8 Å². The second kappa shape index (κ2) is 7.26. The Morgan fingerprint density at radius 3 is 1.95 bits per heavy atom. The molecule has 2 N–H and O–H groups in total. The molecule has 0 saturated heterocycles. The Hall–Kier alpha value is -0.0800. The van der Waals surface area contributed by atoms with Crippen molar-refractivity contribution in [3.8, 4) is 0 Å². The van der Waals surface area contributed by atoms with Gasteiger partial charge in [-0.2, -0.15) is 0 Å². The predicted octanol–water partition coefficient (Wildman–Crippen LogP) is 4.43. The van der Waals surface area contributed by atoms with Crippen LogP contribution < -0.4 is 0 Å². The van der Waals surface area contributed by atoms with E-state index >= 15 is 0 Å². The molecule has 20 heavy (non-hydrogen) atoms. The van der Waals surface area contributed by atoms with Crippen LogP contribution in [0.1, 0.15) is 90.4 Å². The summed E-state index contributed by atoms with van der Waals surface area (Å²) in [5.41, 5.74) is 1.18. The van der Waals surface area contributed by atoms with Crippen LogP contribution in [0.3, 0.4) is 0 Å². The Morgan fingerprint density at radius 1 is 0.850 bits per heavy atom. The molecule has 1 unspecified atom stereocenters. The van der Waals surface area contributed by atoms with Gasteiger partial charge in [0.15, 0.2) is 0 Å². The van der Waals surface area contributed by atoms with E-state index in [1.807, 2.05) is 0 Å². The molecule has 0 bridgehead atoms. The second-order valence-corrected chi connectivity index (χ2v) is 7.93. The van der Waals surface area contributed by atoms with Crippen molar-refractivity contribution < 1.29 is 10.2 Å². The molecule has 118 valence electrons. The summed E-state index contributed by atoms with van der Waals surface area (Å²) in [6.07, 6.45) is 15.9. The van der Waals surface area contributed by atoms with Crippen molar-refractivity contribution in [1.29, 1.82) is 0 Å². The van der Waals surface area contributed by atoms with E-state index in [1.165, 1.54) is 57.8 Å². The van der Waals surface area contributed by atoms with Gasteiger partial charge in [0.2, 0.25) is 0 Å². The molecule has 0 aromatic heterocycles. The van der Waals surface area contributed by atoms with Crippen LogP contribution in [0.4, 0.5) is 0 Å². The Morgan fingerprint density at radius 2 is 1.45 bits per heavy atom. The first-order chi connectivity index (χ1) is 9.58. The minimum Gasteiger partial charge on any atom is -0.396 e. The summed E-state index contributed by atoms with van der Waals surface area (Å²) < 4.78 is 0. The molecule has 2 rings (SSSR count). The molecule has 2 fully saturated rings. The molecule has 2 heteroatoms. The molecule has 0 aromatic carbocycles. The van der Waals surface area contributed by atoms with Crippen LogP contribution >= 0.6 is 0 Å². The SMILES string of the molecule is CC1(CCCCC(O)CCCCC2(CCO)CC2)CC1. The van der Waals surface area contributed by atoms with Crippen LogP contribution in [0.15, 0.2) is 0 Å². The van der Waals surface area contributed by atoms with Gasteiger partial charge in [-0.05, 0) is 68.6 Å². The zero-order chi connectivity index (χ0) is 14.5. The molecular weight excluding hydrogens is 248 g/mol. The average Bonchev–Trinajstić information content (AvgIpc) is 3.32. The fourth-order valence-electron chi connectivity index (χ4n) is 3.46. The van der Waals surface area contributed by atoms with Crippen molar-refractivity contribution in [2.75, 3.05) is 6.61 Å². The number of aliphatic hydroxyl groups excluding tert-OH is 2. The van der Waals surface area contributed by atoms with Gasteiger partial charge in [0.05, 0.1) is 6.10 Å². The number of rotatable bonds is 12. The van der Waals surface area contributed by atoms with Crippen LogP contribution in [0, 0.1) is 10.8 Å². The first-order valence-electron chi connectivity index (χ1n) is 8.87. The fraction of sp³-hybridized carbons (Fsp3) is 1.00. The summed E-state index contributed by atoms with van der Waals surface area (Å²) in [6.45, 7) is 2.74. The van der Waals surface area contributed by atoms with Crippen molar-refractivity contribution in [2.45, 2.75) is 96.5 Å². The monoisotopic (exact) mass is 282 g/mol. The lowest BCUT2D eigenvalue weighted by Crippen LogP contribution is -2.08. The van der Waals surface area contributed by atoms with Crippen LogP contribution in [0.2, 0.25) is 0 Å². The standard InChI is InChI=1S/C18H34O2/c1-17(10-11-17)8-4-2-6-16(20)7-3-5-9-18(12-13-18)14-15-19/h16,19-20H,2-15H2,1H3. The van der Waals surface area contributed by atoms with E-state index in [1.54, 1.807) is 0 Å². The summed E-state index contributed by atoms with van der Waals surface area (Å²) in [7, 11) is 0. The molecule has 0 amide bonds. The Kier molecular flexibility index (Phi) is 5.92. The second-order valence-electron chi connectivity index (χ2n) is 7.93. The van der Waals surface area contributed by atoms with E-state index in [0.29, 0.717) is 17.4 Å². The summed E-state index contributed by atoms with van der Waals surface area (Å²) >= 11 is 0. The van der Waals surface area contributed by atoms with Gasteiger partial charge in [0.1, 0.15) is 0 Å². The van der Waals surface area contributed by atoms with E-state index in [9.17, 15) is 5.11 Å². The van der Waals surface area contributed by atoms with E-state index in [2.05, 4.69) is 6.92 Å². The molecule has 1 atom stereocenters. The maximum atomic E-state index is 10.0. The quantitative estimate of drug-likeness (QED) is 0.520. The van der Waals surface area contributed by atoms with Crippen molar-refractivity contribution in [3.63, 3.8) is 0 Å². The van der Waals surface area contributed by atoms with Crippen molar-refractivity contribution >= 4 is 0 Å². The normalized spacial score (nSPS) is 23.6. The lowest BCUT2D eigenvalue weighted by atomic mass is 9.94. The highest BCUT2D eigenvalue weighted by molar-refractivity contribution is 4.92. The van der Waals surface area contributed by atoms with E-state index in [4.69, 9.17) is 5.11 Å². The molecule has 2 aliphatic rings. The summed E-state index contributed by atoms with van der Waals surface area (Å²) in [6, 6.07) is 0. The summed E-state index contributed by atoms with van der Waals surface area (Å²) in [5, 5.41) is 19.0. The Bertz CT molecular complexity index is 279. The Balaban J connectivity index is 1.41. The van der Waals surface area contributed by atoms with Gasteiger partial charge in [-0.1, -0.05) is 32.6 Å². The average molecular weight is 282 g/mol. The van der Waals surface area contributed by atoms with E-state index < -0.39 is 0 Å². The van der Waals surface area contributed by atoms with Gasteiger partial charge in [-0.25, -0.2) is 0 Å². The summed E-state index contributed by atoms with van der Waals surface area (Å²) in [5.74, 6) is 0. The number of aliphatic hydroxyl groups is 2. The smallest absolute Gasteiger partial charge is 0.0540 e. The number of hydrogen-bond acceptors (Lipinski definition) is 2. The first kappa shape index (κ1) is 16.3. The molecule has 0 heterocycles. The third-order valence-electron chi connectivity index (χ3n) is 5.76. The third-order valence-corrected chi connectivity index (χ3v) is 5.76. The highest BCUT2D eigenvalue weighted by atomic mass is 16.3. The van der Waals surface area contributed by atoms with Gasteiger partial charge < -0.3 is 10.2 Å². The van der Waals surface area contributed by atoms with Crippen molar-refractivity contribution in [3.05, 3.63) is 0 Å². The van der Waals surface area contributed by atoms with Crippen molar-refractivity contribution in [1.82, 2.24) is 0 Å². The minimum absolute atomic E-state index is 0.0741. The molecule has 0 aromatic rings. The summed E-state index contributed by atoms with van der Waals surface area (Å²) in [4.78, 5) is 0. The van der Waals surface area contributed by atoms with Crippen LogP contribution in [0.5, 0.6) is 0 Å². The lowest BCUT2D eigenvalue weighted by Gasteiger charge is -2.15. The van der Waals surface area contributed by atoms with Gasteiger partial charge in [0, 0.05) is 6.61 Å². The van der Waals surface area contributed by atoms with Crippen LogP contribution in [0.25, 0.3) is 0 Å². The third kappa shape index (κ3) is 5.73. The fourth-order valence-corrected chi connectivity index (χ4v) is 3.46. The highest BCUT2D eigenvalue weighted by Crippen LogP contribution is 2.52. The van der Waals surface area contributed by atoms with Crippen LogP contribution in [-0.2, 0) is 0 Å². The maximum Gasteiger partial charge on any atom is 0.0540 e. The predicted molar refractivity (Wildman–Crippen MR) is 83.7 cm³/mol. The molecule has 0 aliphatic heterocycles. The van der Waals surface area contributed by atoms with Gasteiger partial charge >= 0.3 is 0 Å². The number of hydrogen-bond donors (Lipinski definition) is 2. The van der Waals surface area contributed by atoms with E-state index in [-0.39, 0.29) is 6.10 Å². The lowest BCUT2D eigenvalue weighted by molar-refractivity contribution is 0.145. The van der Waals surface area contributed by atoms with Gasteiger partial charge in [0.25, 0.3) is 0 Å². The topological polar surface area (TPSA) is 40.5 Å². The highest BCUT2D eigenvalue weighted by Gasteiger charge is 2.40. The van der Waals surface area contributed by atoms with Gasteiger partial charge in [-0.3, -0.25) is 0 Å². The Labute approximate surface area is 125 Å². The van der Waals surface area contributed by atoms with Crippen LogP contribution in [-0.4, -0.2) is 22.9 Å². The molecule has 2 saturated carbocycles. The molecule has 2 nitrogen and oxygen atoms in total. The van der Waals surface area contributed by atoms with Gasteiger partial charge in [-0.15, -0.1) is 0 Å². The van der Waals surface area contributed by atoms with E-state index in [0.717, 1.165) is 25.7 Å².